The number of aromatic nitrogens is 4. The van der Waals surface area contributed by atoms with E-state index in [2.05, 4.69) is 26.3 Å². The maximum absolute atomic E-state index is 9.26. The molecule has 2 aromatic rings. The van der Waals surface area contributed by atoms with Crippen molar-refractivity contribution < 1.29 is 19.5 Å². The van der Waals surface area contributed by atoms with E-state index in [1.165, 1.54) is 0 Å². The van der Waals surface area contributed by atoms with Gasteiger partial charge >= 0.3 is 8.25 Å². The molecule has 0 amide bonds. The zero-order valence-electron chi connectivity index (χ0n) is 13.4. The van der Waals surface area contributed by atoms with E-state index in [1.807, 2.05) is 10.6 Å². The van der Waals surface area contributed by atoms with Crippen LogP contribution in [0, 0.1) is 5.92 Å². The highest BCUT2D eigenvalue weighted by molar-refractivity contribution is 7.30. The third-order valence-electron chi connectivity index (χ3n) is 4.10. The van der Waals surface area contributed by atoms with Gasteiger partial charge in [-0.25, -0.2) is 4.98 Å². The second-order valence-corrected chi connectivity index (χ2v) is 6.56. The zero-order valence-corrected chi connectivity index (χ0v) is 14.3. The van der Waals surface area contributed by atoms with Gasteiger partial charge in [-0.2, -0.15) is 9.97 Å². The van der Waals surface area contributed by atoms with E-state index in [-0.39, 0.29) is 24.5 Å². The number of nitrogen functional groups attached to an aromatic ring is 1. The number of fused-ring (bicyclic) bond motifs is 1. The summed E-state index contributed by atoms with van der Waals surface area (Å²) in [7, 11) is -2.87. The lowest BCUT2D eigenvalue weighted by molar-refractivity contribution is 0.244. The van der Waals surface area contributed by atoms with E-state index in [9.17, 15) is 5.11 Å². The zero-order chi connectivity index (χ0) is 18.0. The Morgan fingerprint density at radius 1 is 1.32 bits per heavy atom. The van der Waals surface area contributed by atoms with Crippen molar-refractivity contribution in [3.63, 3.8) is 0 Å². The third-order valence-corrected chi connectivity index (χ3v) is 4.10. The quantitative estimate of drug-likeness (QED) is 0.387. The molecule has 0 saturated heterocycles. The molecule has 0 radical (unpaired) electrons. The van der Waals surface area contributed by atoms with E-state index in [4.69, 9.17) is 20.1 Å². The molecule has 0 unspecified atom stereocenters. The molecule has 134 valence electrons. The molecule has 0 spiro atoms. The maximum atomic E-state index is 9.26. The molecular formula is C14H20N6O4P+. The lowest BCUT2D eigenvalue weighted by Gasteiger charge is -2.13. The summed E-state index contributed by atoms with van der Waals surface area (Å²) >= 11 is 0. The number of aliphatic hydroxyl groups is 1. The Kier molecular flexibility index (Phi) is 5.24. The Morgan fingerprint density at radius 3 is 2.64 bits per heavy atom. The fourth-order valence-corrected chi connectivity index (χ4v) is 2.79. The molecule has 6 N–H and O–H groups in total. The summed E-state index contributed by atoms with van der Waals surface area (Å²) in [4.78, 5) is 27.3. The van der Waals surface area contributed by atoms with Gasteiger partial charge < -0.3 is 20.7 Å². The molecule has 1 saturated carbocycles. The average molecular weight is 367 g/mol. The summed E-state index contributed by atoms with van der Waals surface area (Å²) < 4.78 is 10.7. The van der Waals surface area contributed by atoms with Gasteiger partial charge in [0.25, 0.3) is 0 Å². The molecule has 2 heterocycles. The summed E-state index contributed by atoms with van der Waals surface area (Å²) in [6.45, 7) is 0.172. The van der Waals surface area contributed by atoms with Crippen molar-refractivity contribution in [3.05, 3.63) is 18.5 Å². The van der Waals surface area contributed by atoms with Crippen LogP contribution in [0.1, 0.15) is 25.3 Å². The average Bonchev–Trinajstić information content (AvgIpc) is 3.08. The molecule has 25 heavy (non-hydrogen) atoms. The monoisotopic (exact) mass is 367 g/mol. The smallest absolute Gasteiger partial charge is 0.396 e. The lowest BCUT2D eigenvalue weighted by atomic mass is 10.1. The van der Waals surface area contributed by atoms with Crippen LogP contribution < -0.4 is 11.1 Å². The molecule has 10 nitrogen and oxygen atoms in total. The largest absolute Gasteiger partial charge is 0.692 e. The Hall–Kier alpha value is -2.13. The highest BCUT2D eigenvalue weighted by Crippen LogP contribution is 2.32. The first-order chi connectivity index (χ1) is 12.0. The lowest BCUT2D eigenvalue weighted by Crippen LogP contribution is -2.10. The van der Waals surface area contributed by atoms with Crippen LogP contribution >= 0.6 is 8.25 Å². The number of nitrogens with one attached hydrogen (secondary N) is 1. The van der Waals surface area contributed by atoms with Gasteiger partial charge in [0.05, 0.1) is 12.4 Å². The van der Waals surface area contributed by atoms with Crippen LogP contribution in [-0.4, -0.2) is 47.1 Å². The van der Waals surface area contributed by atoms with Crippen LogP contribution in [0.15, 0.2) is 18.5 Å². The number of anilines is 2. The minimum absolute atomic E-state index is 0.162. The van der Waals surface area contributed by atoms with Gasteiger partial charge in [0.2, 0.25) is 5.95 Å². The number of nitrogens with two attached hydrogens (primary N) is 1. The van der Waals surface area contributed by atoms with E-state index < -0.39 is 8.25 Å². The van der Waals surface area contributed by atoms with Gasteiger partial charge in [-0.1, -0.05) is 12.2 Å². The second kappa shape index (κ2) is 7.40. The maximum Gasteiger partial charge on any atom is 0.692 e. The number of hydrogen-bond acceptors (Lipinski definition) is 7. The molecule has 2 atom stereocenters. The molecule has 0 aromatic carbocycles. The number of rotatable bonds is 4. The van der Waals surface area contributed by atoms with Crippen LogP contribution in [0.2, 0.25) is 0 Å². The molecule has 0 aliphatic heterocycles. The van der Waals surface area contributed by atoms with Crippen LogP contribution in [0.3, 0.4) is 0 Å². The summed E-state index contributed by atoms with van der Waals surface area (Å²) in [6.07, 6.45) is 9.10. The fraction of sp³-hybridized carbons (Fsp3) is 0.500. The predicted octanol–water partition coefficient (Wildman–Crippen LogP) is 0.721. The number of aliphatic hydroxyl groups excluding tert-OH is 1. The highest BCUT2D eigenvalue weighted by Gasteiger charge is 2.26. The van der Waals surface area contributed by atoms with E-state index in [0.717, 1.165) is 36.2 Å². The minimum atomic E-state index is -2.87. The molecule has 1 fully saturated rings. The highest BCUT2D eigenvalue weighted by atomic mass is 31.1. The number of allylic oxidation sites excluding steroid dienone is 1. The second-order valence-electron chi connectivity index (χ2n) is 6.06. The van der Waals surface area contributed by atoms with Gasteiger partial charge in [0.1, 0.15) is 0 Å². The van der Waals surface area contributed by atoms with E-state index in [0.29, 0.717) is 6.04 Å². The first-order valence-electron chi connectivity index (χ1n) is 7.88. The molecule has 11 heteroatoms. The first-order valence-corrected chi connectivity index (χ1v) is 9.05. The minimum Gasteiger partial charge on any atom is -0.396 e. The molecule has 2 aromatic heterocycles. The van der Waals surface area contributed by atoms with E-state index >= 15 is 0 Å². The Balaban J connectivity index is 0.000000415. The van der Waals surface area contributed by atoms with Gasteiger partial charge in [-0.05, 0) is 19.3 Å². The molecular weight excluding hydrogens is 347 g/mol. The van der Waals surface area contributed by atoms with Crippen molar-refractivity contribution in [2.45, 2.75) is 31.3 Å². The topological polar surface area (TPSA) is 159 Å². The summed E-state index contributed by atoms with van der Waals surface area (Å²) in [5, 5.41) is 12.6. The van der Waals surface area contributed by atoms with Crippen molar-refractivity contribution in [2.75, 3.05) is 17.7 Å². The van der Waals surface area contributed by atoms with Crippen molar-refractivity contribution in [1.82, 2.24) is 19.5 Å². The van der Waals surface area contributed by atoms with Crippen LogP contribution in [0.4, 0.5) is 11.8 Å². The van der Waals surface area contributed by atoms with Crippen molar-refractivity contribution in [2.24, 2.45) is 5.92 Å². The van der Waals surface area contributed by atoms with Crippen LogP contribution in [0.5, 0.6) is 0 Å². The molecule has 2 aliphatic rings. The Morgan fingerprint density at radius 2 is 2.04 bits per heavy atom. The third kappa shape index (κ3) is 4.29. The van der Waals surface area contributed by atoms with Gasteiger partial charge in [0.15, 0.2) is 17.0 Å². The van der Waals surface area contributed by atoms with Crippen molar-refractivity contribution >= 4 is 31.2 Å². The summed E-state index contributed by atoms with van der Waals surface area (Å²) in [5.41, 5.74) is 7.35. The van der Waals surface area contributed by atoms with Gasteiger partial charge in [0, 0.05) is 23.1 Å². The van der Waals surface area contributed by atoms with Crippen LogP contribution in [-0.2, 0) is 4.57 Å². The summed E-state index contributed by atoms with van der Waals surface area (Å²) in [5.74, 6) is 1.18. The molecule has 2 aliphatic carbocycles. The van der Waals surface area contributed by atoms with Gasteiger partial charge in [-0.15, -0.1) is 9.79 Å². The van der Waals surface area contributed by atoms with E-state index in [1.54, 1.807) is 6.33 Å². The number of nitrogens with zero attached hydrogens (tertiary/aromatic N) is 4. The fourth-order valence-electron chi connectivity index (χ4n) is 2.79. The van der Waals surface area contributed by atoms with Crippen LogP contribution in [0.25, 0.3) is 11.2 Å². The van der Waals surface area contributed by atoms with Crippen molar-refractivity contribution in [3.8, 4) is 0 Å². The molecule has 0 bridgehead atoms. The summed E-state index contributed by atoms with van der Waals surface area (Å²) in [6, 6.07) is 0.646. The number of hydrogen-bond donors (Lipinski definition) is 5. The Bertz CT molecular complexity index is 802. The first kappa shape index (κ1) is 17.7. The Labute approximate surface area is 144 Å². The number of imidazole rings is 1. The van der Waals surface area contributed by atoms with Crippen molar-refractivity contribution in [1.29, 1.82) is 0 Å². The van der Waals surface area contributed by atoms with Gasteiger partial charge in [-0.3, -0.25) is 0 Å². The standard InChI is InChI=1S/C14H18N6O.HO3P/c15-14-18-12(17-9-2-3-9)11-13(19-14)20(7-16-11)10-4-1-8(5-10)6-21;1-4(2)3/h1,4,7-10,21H,2-3,5-6H2,(H3,15,17,18,19);(H-,1,2,3)/p+1/t8-,10+;/m1./s1. The normalized spacial score (nSPS) is 21.9. The SMILES string of the molecule is Nc1nc(NC2CC2)c2ncn([C@H]3C=C[C@@H](CO)C3)c2n1.O=[P+](O)O. The predicted molar refractivity (Wildman–Crippen MR) is 91.8 cm³/mol. The molecule has 4 rings (SSSR count).